The first-order valence-corrected chi connectivity index (χ1v) is 16.0. The summed E-state index contributed by atoms with van der Waals surface area (Å²) in [5.41, 5.74) is 0.810. The van der Waals surface area contributed by atoms with E-state index in [9.17, 15) is 33.6 Å². The molecule has 2 aliphatic carbocycles. The molecule has 1 amide bonds. The van der Waals surface area contributed by atoms with Gasteiger partial charge in [0.25, 0.3) is 5.91 Å². The Kier molecular flexibility index (Phi) is 8.09. The Morgan fingerprint density at radius 2 is 1.90 bits per heavy atom. The number of hydrogen-bond acceptors (Lipinski definition) is 9. The number of nitriles is 2. The zero-order valence-corrected chi connectivity index (χ0v) is 26.6. The number of aromatic nitrogens is 4. The Morgan fingerprint density at radius 1 is 1.08 bits per heavy atom. The molecule has 2 fully saturated rings. The maximum absolute atomic E-state index is 14.5. The zero-order valence-electron chi connectivity index (χ0n) is 26.6. The lowest BCUT2D eigenvalue weighted by Gasteiger charge is -2.21. The fourth-order valence-electron chi connectivity index (χ4n) is 6.80. The van der Waals surface area contributed by atoms with Crippen molar-refractivity contribution >= 4 is 17.5 Å². The maximum atomic E-state index is 14.5. The molecule has 0 unspecified atom stereocenters. The van der Waals surface area contributed by atoms with Crippen LogP contribution in [0.1, 0.15) is 71.1 Å². The molecule has 49 heavy (non-hydrogen) atoms. The lowest BCUT2D eigenvalue weighted by atomic mass is 9.97. The second-order valence-corrected chi connectivity index (χ2v) is 13.0. The Morgan fingerprint density at radius 3 is 2.55 bits per heavy atom. The smallest absolute Gasteiger partial charge is 0.392 e. The van der Waals surface area contributed by atoms with E-state index in [0.29, 0.717) is 52.3 Å². The highest BCUT2D eigenvalue weighted by molar-refractivity contribution is 6.10. The summed E-state index contributed by atoms with van der Waals surface area (Å²) >= 11 is 0. The van der Waals surface area contributed by atoms with E-state index in [1.165, 1.54) is 11.0 Å². The predicted octanol–water partition coefficient (Wildman–Crippen LogP) is 5.46. The molecule has 7 rings (SSSR count). The summed E-state index contributed by atoms with van der Waals surface area (Å²) in [7, 11) is 1.78. The number of carbonyl (C=O) groups excluding carboxylic acids is 1. The molecule has 0 saturated heterocycles. The SMILES string of the molecule is Cn1cnnc1-c1ccc(C#N)cc1-c1cc(NC2(CC#N)CC2)nc(N2Cc3c(cc(CN[C@@H]4CCC[C@@H]4O)cc3C(F)(F)F)C2=O)c1. The van der Waals surface area contributed by atoms with Crippen molar-refractivity contribution < 1.29 is 23.1 Å². The first kappa shape index (κ1) is 32.2. The van der Waals surface area contributed by atoms with Crippen LogP contribution in [0, 0.1) is 22.7 Å². The van der Waals surface area contributed by atoms with Crippen LogP contribution < -0.4 is 15.5 Å². The molecule has 1 aliphatic heterocycles. The average molecular weight is 668 g/mol. The third-order valence-corrected chi connectivity index (χ3v) is 9.62. The van der Waals surface area contributed by atoms with Crippen molar-refractivity contribution in [2.75, 3.05) is 10.2 Å². The van der Waals surface area contributed by atoms with Crippen LogP contribution in [0.4, 0.5) is 24.8 Å². The van der Waals surface area contributed by atoms with Gasteiger partial charge >= 0.3 is 6.18 Å². The number of fused-ring (bicyclic) bond motifs is 1. The Hall–Kier alpha value is -5.31. The van der Waals surface area contributed by atoms with Crippen LogP contribution in [0.25, 0.3) is 22.5 Å². The average Bonchev–Trinajstić information content (AvgIpc) is 3.33. The van der Waals surface area contributed by atoms with E-state index in [1.54, 1.807) is 48.3 Å². The molecule has 3 heterocycles. The van der Waals surface area contributed by atoms with Gasteiger partial charge < -0.3 is 20.3 Å². The zero-order chi connectivity index (χ0) is 34.5. The number of aliphatic hydroxyl groups excluding tert-OH is 1. The number of alkyl halides is 3. The van der Waals surface area contributed by atoms with E-state index in [2.05, 4.69) is 33.0 Å². The fourth-order valence-corrected chi connectivity index (χ4v) is 6.80. The monoisotopic (exact) mass is 667 g/mol. The highest BCUT2D eigenvalue weighted by Gasteiger charge is 2.44. The minimum Gasteiger partial charge on any atom is -0.392 e. The van der Waals surface area contributed by atoms with Crippen LogP contribution in [0.2, 0.25) is 0 Å². The molecule has 2 atom stereocenters. The summed E-state index contributed by atoms with van der Waals surface area (Å²) in [5.74, 6) is 0.339. The Balaban J connectivity index is 1.32. The second kappa shape index (κ2) is 12.3. The second-order valence-electron chi connectivity index (χ2n) is 13.0. The lowest BCUT2D eigenvalue weighted by molar-refractivity contribution is -0.138. The van der Waals surface area contributed by atoms with Gasteiger partial charge in [0.2, 0.25) is 0 Å². The number of halogens is 3. The number of aliphatic hydroxyl groups is 1. The van der Waals surface area contributed by atoms with Gasteiger partial charge in [-0.05, 0) is 96.8 Å². The van der Waals surface area contributed by atoms with Crippen molar-refractivity contribution in [2.24, 2.45) is 7.05 Å². The number of hydrogen-bond donors (Lipinski definition) is 3. The van der Waals surface area contributed by atoms with Gasteiger partial charge in [-0.2, -0.15) is 23.7 Å². The van der Waals surface area contributed by atoms with Crippen molar-refractivity contribution in [1.82, 2.24) is 25.1 Å². The standard InChI is InChI=1S/C35H32F3N9O2/c1-46-19-42-45-32(46)23-6-5-20(16-40)11-24(23)22-14-30(44-34(7-8-34)9-10-39)43-31(15-22)47-18-26-25(33(47)49)12-21(13-27(26)35(36,37)38)17-41-28-3-2-4-29(28)48/h5-6,11-15,19,28-29,41,48H,2-4,7-9,17-18H2,1H3,(H,43,44)/t28-,29+/m1/s1. The first-order valence-electron chi connectivity index (χ1n) is 16.0. The van der Waals surface area contributed by atoms with Crippen LogP contribution >= 0.6 is 0 Å². The lowest BCUT2D eigenvalue weighted by Crippen LogP contribution is -2.35. The van der Waals surface area contributed by atoms with Crippen LogP contribution in [0.5, 0.6) is 0 Å². The van der Waals surface area contributed by atoms with E-state index in [4.69, 9.17) is 4.98 Å². The number of benzene rings is 2. The quantitative estimate of drug-likeness (QED) is 0.211. The molecule has 14 heteroatoms. The van der Waals surface area contributed by atoms with E-state index >= 15 is 0 Å². The van der Waals surface area contributed by atoms with Gasteiger partial charge in [-0.1, -0.05) is 0 Å². The summed E-state index contributed by atoms with van der Waals surface area (Å²) in [6.45, 7) is -0.292. The number of nitrogens with zero attached hydrogens (tertiary/aromatic N) is 7. The minimum atomic E-state index is -4.72. The molecule has 2 saturated carbocycles. The first-order chi connectivity index (χ1) is 23.5. The number of rotatable bonds is 9. The highest BCUT2D eigenvalue weighted by Crippen LogP contribution is 2.44. The van der Waals surface area contributed by atoms with E-state index in [1.807, 2.05) is 0 Å². The van der Waals surface area contributed by atoms with Crippen molar-refractivity contribution in [3.8, 4) is 34.7 Å². The van der Waals surface area contributed by atoms with Gasteiger partial charge in [-0.25, -0.2) is 4.98 Å². The number of anilines is 2. The molecule has 0 bridgehead atoms. The van der Waals surface area contributed by atoms with Gasteiger partial charge in [-0.3, -0.25) is 9.69 Å². The summed E-state index contributed by atoms with van der Waals surface area (Å²) in [5, 5.41) is 44.1. The molecule has 2 aromatic carbocycles. The number of nitrogens with one attached hydrogen (secondary N) is 2. The van der Waals surface area contributed by atoms with E-state index in [0.717, 1.165) is 25.3 Å². The van der Waals surface area contributed by atoms with Crippen molar-refractivity contribution in [3.05, 3.63) is 76.6 Å². The predicted molar refractivity (Wildman–Crippen MR) is 173 cm³/mol. The van der Waals surface area contributed by atoms with Gasteiger partial charge in [0.05, 0.1) is 47.9 Å². The van der Waals surface area contributed by atoms with Crippen molar-refractivity contribution in [1.29, 1.82) is 10.5 Å². The van der Waals surface area contributed by atoms with Crippen molar-refractivity contribution in [2.45, 2.75) is 75.5 Å². The summed E-state index contributed by atoms with van der Waals surface area (Å²) < 4.78 is 45.2. The molecule has 2 aromatic heterocycles. The van der Waals surface area contributed by atoms with E-state index in [-0.39, 0.29) is 42.5 Å². The van der Waals surface area contributed by atoms with Gasteiger partial charge in [-0.15, -0.1) is 10.2 Å². The molecule has 3 N–H and O–H groups in total. The normalized spacial score (nSPS) is 19.4. The number of pyridine rings is 1. The molecule has 3 aliphatic rings. The molecule has 250 valence electrons. The van der Waals surface area contributed by atoms with Crippen molar-refractivity contribution in [3.63, 3.8) is 0 Å². The topological polar surface area (TPSA) is 156 Å². The van der Waals surface area contributed by atoms with Crippen LogP contribution in [0.3, 0.4) is 0 Å². The van der Waals surface area contributed by atoms with Crippen LogP contribution in [-0.4, -0.2) is 48.4 Å². The number of amides is 1. The van der Waals surface area contributed by atoms with Crippen LogP contribution in [0.15, 0.2) is 48.8 Å². The minimum absolute atomic E-state index is 0.0605. The molecule has 0 spiro atoms. The van der Waals surface area contributed by atoms with Crippen LogP contribution in [-0.2, 0) is 26.3 Å². The summed E-state index contributed by atoms with van der Waals surface area (Å²) in [6, 6.07) is 15.1. The Labute approximate surface area is 280 Å². The van der Waals surface area contributed by atoms with Gasteiger partial charge in [0.1, 0.15) is 18.0 Å². The third-order valence-electron chi connectivity index (χ3n) is 9.62. The highest BCUT2D eigenvalue weighted by atomic mass is 19.4. The number of carbonyl (C=O) groups is 1. The largest absolute Gasteiger partial charge is 0.416 e. The Bertz CT molecular complexity index is 2040. The van der Waals surface area contributed by atoms with Gasteiger partial charge in [0, 0.05) is 30.8 Å². The summed E-state index contributed by atoms with van der Waals surface area (Å²) in [6.07, 6.45) is 0.107. The third kappa shape index (κ3) is 6.21. The maximum Gasteiger partial charge on any atom is 0.416 e. The van der Waals surface area contributed by atoms with E-state index < -0.39 is 29.3 Å². The molecule has 4 aromatic rings. The molecule has 0 radical (unpaired) electrons. The molecular formula is C35H32F3N9O2. The number of aryl methyl sites for hydroxylation is 1. The summed E-state index contributed by atoms with van der Waals surface area (Å²) in [4.78, 5) is 20.0. The molecular weight excluding hydrogens is 635 g/mol. The fraction of sp³-hybridized carbons (Fsp3) is 0.371. The van der Waals surface area contributed by atoms with Gasteiger partial charge in [0.15, 0.2) is 5.82 Å². The molecule has 11 nitrogen and oxygen atoms in total.